The molecule has 0 saturated heterocycles. The van der Waals surface area contributed by atoms with Crippen LogP contribution in [0.15, 0.2) is 66.7 Å². The van der Waals surface area contributed by atoms with Gasteiger partial charge in [-0.3, -0.25) is 0 Å². The Morgan fingerprint density at radius 1 is 0.958 bits per heavy atom. The maximum absolute atomic E-state index is 14.2. The fourth-order valence-corrected chi connectivity index (χ4v) is 2.70. The first-order chi connectivity index (χ1) is 11.7. The lowest BCUT2D eigenvalue weighted by atomic mass is 9.99. The van der Waals surface area contributed by atoms with E-state index in [9.17, 15) is 9.50 Å². The SMILES string of the molecule is Cc1cc(-c2ccccc2OCc2ccccc2)cc(F)c1CO. The molecule has 3 rings (SSSR count). The smallest absolute Gasteiger partial charge is 0.129 e. The van der Waals surface area contributed by atoms with Gasteiger partial charge in [-0.25, -0.2) is 4.39 Å². The van der Waals surface area contributed by atoms with Gasteiger partial charge in [-0.05, 0) is 35.7 Å². The first-order valence-corrected chi connectivity index (χ1v) is 7.85. The highest BCUT2D eigenvalue weighted by Gasteiger charge is 2.12. The van der Waals surface area contributed by atoms with Gasteiger partial charge in [0.2, 0.25) is 0 Å². The summed E-state index contributed by atoms with van der Waals surface area (Å²) in [5, 5.41) is 9.26. The molecule has 0 aliphatic heterocycles. The predicted octanol–water partition coefficient (Wildman–Crippen LogP) is 4.87. The number of ether oxygens (including phenoxy) is 1. The van der Waals surface area contributed by atoms with E-state index in [0.29, 0.717) is 17.9 Å². The molecule has 0 saturated carbocycles. The molecule has 0 aromatic heterocycles. The summed E-state index contributed by atoms with van der Waals surface area (Å²) in [7, 11) is 0. The monoisotopic (exact) mass is 322 g/mol. The van der Waals surface area contributed by atoms with Crippen molar-refractivity contribution in [3.8, 4) is 16.9 Å². The third kappa shape index (κ3) is 3.47. The number of hydrogen-bond donors (Lipinski definition) is 1. The lowest BCUT2D eigenvalue weighted by Gasteiger charge is -2.14. The van der Waals surface area contributed by atoms with Gasteiger partial charge in [0, 0.05) is 11.1 Å². The zero-order valence-corrected chi connectivity index (χ0v) is 13.5. The van der Waals surface area contributed by atoms with Crippen LogP contribution in [0.5, 0.6) is 5.75 Å². The van der Waals surface area contributed by atoms with Gasteiger partial charge in [-0.2, -0.15) is 0 Å². The molecule has 3 aromatic carbocycles. The number of benzene rings is 3. The highest BCUT2D eigenvalue weighted by Crippen LogP contribution is 2.32. The summed E-state index contributed by atoms with van der Waals surface area (Å²) in [6.45, 7) is 1.95. The maximum Gasteiger partial charge on any atom is 0.129 e. The highest BCUT2D eigenvalue weighted by molar-refractivity contribution is 5.71. The Morgan fingerprint density at radius 3 is 2.38 bits per heavy atom. The topological polar surface area (TPSA) is 29.5 Å². The Hall–Kier alpha value is -2.65. The molecule has 0 radical (unpaired) electrons. The maximum atomic E-state index is 14.2. The van der Waals surface area contributed by atoms with E-state index >= 15 is 0 Å². The zero-order chi connectivity index (χ0) is 16.9. The molecule has 0 atom stereocenters. The Balaban J connectivity index is 1.92. The summed E-state index contributed by atoms with van der Waals surface area (Å²) in [5.74, 6) is 0.308. The van der Waals surface area contributed by atoms with E-state index in [2.05, 4.69) is 0 Å². The molecule has 0 aliphatic rings. The Bertz CT molecular complexity index is 805. The summed E-state index contributed by atoms with van der Waals surface area (Å²) in [6, 6.07) is 20.8. The minimum atomic E-state index is -0.398. The minimum Gasteiger partial charge on any atom is -0.488 e. The minimum absolute atomic E-state index is 0.301. The largest absolute Gasteiger partial charge is 0.488 e. The summed E-state index contributed by atoms with van der Waals surface area (Å²) in [6.07, 6.45) is 0. The Kier molecular flexibility index (Phi) is 4.92. The molecule has 3 aromatic rings. The van der Waals surface area contributed by atoms with Gasteiger partial charge in [-0.15, -0.1) is 0 Å². The van der Waals surface area contributed by atoms with Crippen molar-refractivity contribution < 1.29 is 14.2 Å². The molecule has 0 fully saturated rings. The highest BCUT2D eigenvalue weighted by atomic mass is 19.1. The van der Waals surface area contributed by atoms with Crippen LogP contribution in [0.4, 0.5) is 4.39 Å². The Labute approximate surface area is 141 Å². The number of aliphatic hydroxyl groups excluding tert-OH is 1. The fourth-order valence-electron chi connectivity index (χ4n) is 2.70. The van der Waals surface area contributed by atoms with E-state index in [-0.39, 0.29) is 6.61 Å². The first kappa shape index (κ1) is 16.2. The molecule has 2 nitrogen and oxygen atoms in total. The van der Waals surface area contributed by atoms with Crippen molar-refractivity contribution in [2.45, 2.75) is 20.1 Å². The van der Waals surface area contributed by atoms with Crippen molar-refractivity contribution in [3.05, 3.63) is 89.2 Å². The van der Waals surface area contributed by atoms with Crippen LogP contribution in [0.2, 0.25) is 0 Å². The second-order valence-electron chi connectivity index (χ2n) is 5.68. The summed E-state index contributed by atoms with van der Waals surface area (Å²) in [4.78, 5) is 0. The van der Waals surface area contributed by atoms with Crippen molar-refractivity contribution in [3.63, 3.8) is 0 Å². The van der Waals surface area contributed by atoms with Crippen LogP contribution in [0.3, 0.4) is 0 Å². The van der Waals surface area contributed by atoms with Crippen molar-refractivity contribution in [2.75, 3.05) is 0 Å². The normalized spacial score (nSPS) is 10.6. The number of para-hydroxylation sites is 1. The molecular weight excluding hydrogens is 303 g/mol. The van der Waals surface area contributed by atoms with Crippen LogP contribution in [0.1, 0.15) is 16.7 Å². The van der Waals surface area contributed by atoms with Crippen LogP contribution in [-0.4, -0.2) is 5.11 Å². The molecule has 0 heterocycles. The zero-order valence-electron chi connectivity index (χ0n) is 13.5. The third-order valence-corrected chi connectivity index (χ3v) is 4.01. The van der Waals surface area contributed by atoms with Crippen LogP contribution < -0.4 is 4.74 Å². The predicted molar refractivity (Wildman–Crippen MR) is 93.3 cm³/mol. The molecule has 0 spiro atoms. The number of halogens is 1. The van der Waals surface area contributed by atoms with Crippen molar-refractivity contribution in [2.24, 2.45) is 0 Å². The van der Waals surface area contributed by atoms with E-state index < -0.39 is 5.82 Å². The van der Waals surface area contributed by atoms with Crippen LogP contribution in [-0.2, 0) is 13.2 Å². The van der Waals surface area contributed by atoms with E-state index in [0.717, 1.165) is 22.3 Å². The second-order valence-corrected chi connectivity index (χ2v) is 5.68. The van der Waals surface area contributed by atoms with Gasteiger partial charge in [0.15, 0.2) is 0 Å². The summed E-state index contributed by atoms with van der Waals surface area (Å²) >= 11 is 0. The molecule has 3 heteroatoms. The summed E-state index contributed by atoms with van der Waals surface area (Å²) in [5.41, 5.74) is 3.71. The molecule has 0 unspecified atom stereocenters. The Morgan fingerprint density at radius 2 is 1.67 bits per heavy atom. The number of hydrogen-bond acceptors (Lipinski definition) is 2. The van der Waals surface area contributed by atoms with Gasteiger partial charge in [-0.1, -0.05) is 54.6 Å². The van der Waals surface area contributed by atoms with E-state index in [1.165, 1.54) is 6.07 Å². The number of aryl methyl sites for hydroxylation is 1. The van der Waals surface area contributed by atoms with Gasteiger partial charge >= 0.3 is 0 Å². The number of rotatable bonds is 5. The van der Waals surface area contributed by atoms with Crippen LogP contribution in [0, 0.1) is 12.7 Å². The van der Waals surface area contributed by atoms with Gasteiger partial charge < -0.3 is 9.84 Å². The molecular formula is C21H19FO2. The first-order valence-electron chi connectivity index (χ1n) is 7.85. The average Bonchev–Trinajstić information content (AvgIpc) is 2.61. The van der Waals surface area contributed by atoms with E-state index in [1.807, 2.05) is 60.7 Å². The van der Waals surface area contributed by atoms with Crippen molar-refractivity contribution >= 4 is 0 Å². The van der Waals surface area contributed by atoms with E-state index in [1.54, 1.807) is 6.92 Å². The lowest BCUT2D eigenvalue weighted by molar-refractivity contribution is 0.275. The van der Waals surface area contributed by atoms with E-state index in [4.69, 9.17) is 4.74 Å². The molecule has 0 bridgehead atoms. The molecule has 1 N–H and O–H groups in total. The molecule has 24 heavy (non-hydrogen) atoms. The van der Waals surface area contributed by atoms with Gasteiger partial charge in [0.05, 0.1) is 6.61 Å². The standard InChI is InChI=1S/C21H19FO2/c1-15-11-17(12-20(22)19(15)13-23)18-9-5-6-10-21(18)24-14-16-7-3-2-4-8-16/h2-12,23H,13-14H2,1H3. The fraction of sp³-hybridized carbons (Fsp3) is 0.143. The lowest BCUT2D eigenvalue weighted by Crippen LogP contribution is -1.98. The van der Waals surface area contributed by atoms with Crippen molar-refractivity contribution in [1.29, 1.82) is 0 Å². The van der Waals surface area contributed by atoms with Crippen LogP contribution in [0.25, 0.3) is 11.1 Å². The quantitative estimate of drug-likeness (QED) is 0.726. The van der Waals surface area contributed by atoms with Gasteiger partial charge in [0.25, 0.3) is 0 Å². The molecule has 0 amide bonds. The van der Waals surface area contributed by atoms with Crippen molar-refractivity contribution in [1.82, 2.24) is 0 Å². The van der Waals surface area contributed by atoms with Crippen LogP contribution >= 0.6 is 0 Å². The third-order valence-electron chi connectivity index (χ3n) is 4.01. The summed E-state index contributed by atoms with van der Waals surface area (Å²) < 4.78 is 20.1. The number of aliphatic hydroxyl groups is 1. The molecule has 0 aliphatic carbocycles. The molecule has 122 valence electrons. The van der Waals surface area contributed by atoms with Gasteiger partial charge in [0.1, 0.15) is 18.2 Å². The average molecular weight is 322 g/mol. The second kappa shape index (κ2) is 7.28.